The average Bonchev–Trinajstić information content (AvgIpc) is 2.30. The summed E-state index contributed by atoms with van der Waals surface area (Å²) in [6.07, 6.45) is 0. The Morgan fingerprint density at radius 1 is 0.733 bits per heavy atom. The molecule has 2 nitrogen and oxygen atoms in total. The van der Waals surface area contributed by atoms with E-state index in [9.17, 15) is 0 Å². The number of hydrogen-bond donors (Lipinski definition) is 0. The second-order valence-electron chi connectivity index (χ2n) is 3.52. The first-order valence-electron chi connectivity index (χ1n) is 4.85. The first-order valence-corrected chi connectivity index (χ1v) is 4.85. The maximum Gasteiger partial charge on any atom is 0.0731 e. The number of fused-ring (bicyclic) bond motifs is 2. The molecule has 0 aliphatic rings. The highest BCUT2D eigenvalue weighted by atomic mass is 14.7. The lowest BCUT2D eigenvalue weighted by Crippen LogP contribution is -1.84. The molecule has 0 bridgehead atoms. The number of nitrogens with one attached hydrogen (secondary N) is 1. The second kappa shape index (κ2) is 2.95. The van der Waals surface area contributed by atoms with Crippen molar-refractivity contribution in [2.45, 2.75) is 0 Å². The van der Waals surface area contributed by atoms with E-state index >= 15 is 0 Å². The lowest BCUT2D eigenvalue weighted by atomic mass is 10.1. The number of nitrogens with zero attached hydrogens (tertiary/aromatic N) is 1. The summed E-state index contributed by atoms with van der Waals surface area (Å²) in [6, 6.07) is 15.6. The Labute approximate surface area is 87.4 Å². The molecule has 2 heteroatoms. The molecule has 0 fully saturated rings. The zero-order valence-corrected chi connectivity index (χ0v) is 8.07. The molecule has 1 aromatic heterocycles. The van der Waals surface area contributed by atoms with Gasteiger partial charge in [0.05, 0.1) is 16.7 Å². The van der Waals surface area contributed by atoms with Crippen LogP contribution in [0, 0.1) is 0 Å². The number of pyridine rings is 1. The van der Waals surface area contributed by atoms with Crippen LogP contribution in [-0.4, -0.2) is 4.98 Å². The molecule has 1 radical (unpaired) electrons. The van der Waals surface area contributed by atoms with Gasteiger partial charge in [-0.2, -0.15) is 0 Å². The van der Waals surface area contributed by atoms with Gasteiger partial charge >= 0.3 is 0 Å². The second-order valence-corrected chi connectivity index (χ2v) is 3.52. The summed E-state index contributed by atoms with van der Waals surface area (Å²) in [6.45, 7) is 0. The molecule has 3 aromatic rings. The van der Waals surface area contributed by atoms with Crippen LogP contribution in [0.5, 0.6) is 0 Å². The monoisotopic (exact) mass is 193 g/mol. The lowest BCUT2D eigenvalue weighted by molar-refractivity contribution is 1.46. The molecule has 2 aromatic carbocycles. The highest BCUT2D eigenvalue weighted by Crippen LogP contribution is 2.28. The van der Waals surface area contributed by atoms with Crippen molar-refractivity contribution in [1.29, 1.82) is 0 Å². The van der Waals surface area contributed by atoms with E-state index in [-0.39, 0.29) is 0 Å². The van der Waals surface area contributed by atoms with E-state index < -0.39 is 0 Å². The minimum absolute atomic E-state index is 0.566. The lowest BCUT2D eigenvalue weighted by Gasteiger charge is -2.04. The minimum Gasteiger partial charge on any atom is -0.299 e. The Morgan fingerprint density at radius 2 is 1.20 bits per heavy atom. The van der Waals surface area contributed by atoms with Crippen LogP contribution >= 0.6 is 0 Å². The molecule has 0 atom stereocenters. The number of rotatable bonds is 0. The van der Waals surface area contributed by atoms with Crippen molar-refractivity contribution in [3.8, 4) is 0 Å². The van der Waals surface area contributed by atoms with Crippen molar-refractivity contribution in [2.24, 2.45) is 0 Å². The Kier molecular flexibility index (Phi) is 1.62. The summed E-state index contributed by atoms with van der Waals surface area (Å²) in [5.41, 5.74) is 10.4. The molecule has 3 rings (SSSR count). The number of hydrogen-bond acceptors (Lipinski definition) is 1. The molecule has 0 aliphatic heterocycles. The van der Waals surface area contributed by atoms with Gasteiger partial charge in [0, 0.05) is 10.8 Å². The van der Waals surface area contributed by atoms with Crippen molar-refractivity contribution in [1.82, 2.24) is 10.7 Å². The van der Waals surface area contributed by atoms with Crippen LogP contribution in [0.25, 0.3) is 21.8 Å². The highest BCUT2D eigenvalue weighted by Gasteiger charge is 2.04. The van der Waals surface area contributed by atoms with Crippen LogP contribution in [-0.2, 0) is 0 Å². The standard InChI is InChI=1S/C13H9N2/c14-13-9-5-1-3-7-11(9)15-12-8-4-2-6-10(12)13/h1-8,14H. The van der Waals surface area contributed by atoms with Gasteiger partial charge in [0.1, 0.15) is 0 Å². The summed E-state index contributed by atoms with van der Waals surface area (Å²) in [5.74, 6) is 0. The van der Waals surface area contributed by atoms with Gasteiger partial charge in [-0.15, -0.1) is 0 Å². The van der Waals surface area contributed by atoms with Crippen LogP contribution in [0.2, 0.25) is 0 Å². The molecule has 1 N–H and O–H groups in total. The number of benzene rings is 2. The fourth-order valence-electron chi connectivity index (χ4n) is 1.84. The summed E-state index contributed by atoms with van der Waals surface area (Å²) in [7, 11) is 0. The maximum absolute atomic E-state index is 8.09. The van der Waals surface area contributed by atoms with Crippen LogP contribution in [0.15, 0.2) is 48.5 Å². The molecule has 15 heavy (non-hydrogen) atoms. The molecule has 0 saturated carbocycles. The van der Waals surface area contributed by atoms with Gasteiger partial charge < -0.3 is 0 Å². The molecule has 0 saturated heterocycles. The first-order chi connectivity index (χ1) is 7.36. The average molecular weight is 193 g/mol. The normalized spacial score (nSPS) is 10.9. The summed E-state index contributed by atoms with van der Waals surface area (Å²) in [5, 5.41) is 1.83. The Balaban J connectivity index is 2.60. The molecule has 1 heterocycles. The van der Waals surface area contributed by atoms with E-state index in [1.165, 1.54) is 0 Å². The van der Waals surface area contributed by atoms with Crippen LogP contribution in [0.3, 0.4) is 0 Å². The van der Waals surface area contributed by atoms with E-state index in [2.05, 4.69) is 4.98 Å². The van der Waals surface area contributed by atoms with Crippen LogP contribution < -0.4 is 5.73 Å². The van der Waals surface area contributed by atoms with Crippen molar-refractivity contribution in [3.63, 3.8) is 0 Å². The zero-order chi connectivity index (χ0) is 10.3. The predicted molar refractivity (Wildman–Crippen MR) is 62.0 cm³/mol. The third-order valence-electron chi connectivity index (χ3n) is 2.59. The van der Waals surface area contributed by atoms with E-state index in [1.54, 1.807) is 0 Å². The molecule has 0 amide bonds. The molecular weight excluding hydrogens is 184 g/mol. The van der Waals surface area contributed by atoms with Gasteiger partial charge in [-0.25, -0.2) is 4.98 Å². The van der Waals surface area contributed by atoms with E-state index in [1.807, 2.05) is 48.5 Å². The quantitative estimate of drug-likeness (QED) is 0.504. The van der Waals surface area contributed by atoms with Crippen molar-refractivity contribution < 1.29 is 0 Å². The van der Waals surface area contributed by atoms with Gasteiger partial charge in [0.2, 0.25) is 0 Å². The highest BCUT2D eigenvalue weighted by molar-refractivity contribution is 6.04. The Hall–Kier alpha value is -2.09. The minimum atomic E-state index is 0.566. The Morgan fingerprint density at radius 3 is 1.73 bits per heavy atom. The van der Waals surface area contributed by atoms with E-state index in [0.29, 0.717) is 5.69 Å². The van der Waals surface area contributed by atoms with Crippen molar-refractivity contribution in [2.75, 3.05) is 0 Å². The van der Waals surface area contributed by atoms with E-state index in [4.69, 9.17) is 5.73 Å². The van der Waals surface area contributed by atoms with Gasteiger partial charge in [0.25, 0.3) is 0 Å². The van der Waals surface area contributed by atoms with Crippen LogP contribution in [0.4, 0.5) is 5.69 Å². The molecule has 0 spiro atoms. The van der Waals surface area contributed by atoms with Crippen molar-refractivity contribution in [3.05, 3.63) is 48.5 Å². The third-order valence-corrected chi connectivity index (χ3v) is 2.59. The third kappa shape index (κ3) is 1.15. The molecular formula is C13H9N2. The molecule has 71 valence electrons. The smallest absolute Gasteiger partial charge is 0.0731 e. The fourth-order valence-corrected chi connectivity index (χ4v) is 1.84. The maximum atomic E-state index is 8.09. The summed E-state index contributed by atoms with van der Waals surface area (Å²) in [4.78, 5) is 4.52. The number of para-hydroxylation sites is 2. The number of aromatic nitrogens is 1. The van der Waals surface area contributed by atoms with E-state index in [0.717, 1.165) is 21.8 Å². The van der Waals surface area contributed by atoms with Crippen LogP contribution in [0.1, 0.15) is 0 Å². The summed E-state index contributed by atoms with van der Waals surface area (Å²) < 4.78 is 0. The van der Waals surface area contributed by atoms with Gasteiger partial charge in [-0.3, -0.25) is 5.73 Å². The Bertz CT molecular complexity index is 590. The van der Waals surface area contributed by atoms with Gasteiger partial charge in [0.15, 0.2) is 0 Å². The topological polar surface area (TPSA) is 36.7 Å². The van der Waals surface area contributed by atoms with Gasteiger partial charge in [-0.1, -0.05) is 36.4 Å². The molecule has 0 unspecified atom stereocenters. The van der Waals surface area contributed by atoms with Crippen molar-refractivity contribution >= 4 is 27.5 Å². The largest absolute Gasteiger partial charge is 0.299 e. The zero-order valence-electron chi connectivity index (χ0n) is 8.07. The SMILES string of the molecule is [NH]c1c2ccccc2nc2ccccc12. The fraction of sp³-hybridized carbons (Fsp3) is 0. The predicted octanol–water partition coefficient (Wildman–Crippen LogP) is 3.30. The molecule has 0 aliphatic carbocycles. The first kappa shape index (κ1) is 8.24. The van der Waals surface area contributed by atoms with Gasteiger partial charge in [-0.05, 0) is 12.1 Å². The summed E-state index contributed by atoms with van der Waals surface area (Å²) >= 11 is 0.